The first-order valence-corrected chi connectivity index (χ1v) is 5.89. The summed E-state index contributed by atoms with van der Waals surface area (Å²) < 4.78 is 43.3. The molecule has 0 amide bonds. The van der Waals surface area contributed by atoms with Gasteiger partial charge in [0.2, 0.25) is 0 Å². The van der Waals surface area contributed by atoms with Gasteiger partial charge in [0.05, 0.1) is 5.56 Å². The molecule has 5 heteroatoms. The summed E-state index contributed by atoms with van der Waals surface area (Å²) in [6.07, 6.45) is -4.30. The highest BCUT2D eigenvalue weighted by molar-refractivity contribution is 14.1. The second kappa shape index (κ2) is 4.36. The fourth-order valence-electron chi connectivity index (χ4n) is 1.43. The molecular weight excluding hydrogens is 344 g/mol. The molecular formula is C12H8F3IO. The molecule has 17 heavy (non-hydrogen) atoms. The van der Waals surface area contributed by atoms with E-state index < -0.39 is 11.7 Å². The molecule has 0 saturated carbocycles. The zero-order valence-corrected chi connectivity index (χ0v) is 11.0. The SMILES string of the molecule is Cc1cc(-c2ccc(C(F)(F)F)cc2)oc1I. The van der Waals surface area contributed by atoms with Crippen LogP contribution < -0.4 is 0 Å². The quantitative estimate of drug-likeness (QED) is 0.667. The van der Waals surface area contributed by atoms with Gasteiger partial charge in [0.1, 0.15) is 5.76 Å². The lowest BCUT2D eigenvalue weighted by Gasteiger charge is -2.06. The van der Waals surface area contributed by atoms with Crippen LogP contribution in [0.1, 0.15) is 11.1 Å². The molecule has 0 aliphatic carbocycles. The Morgan fingerprint density at radius 3 is 2.12 bits per heavy atom. The molecule has 0 N–H and O–H groups in total. The molecule has 0 saturated heterocycles. The Hall–Kier alpha value is -0.980. The molecule has 90 valence electrons. The Labute approximate surface area is 110 Å². The first kappa shape index (κ1) is 12.5. The summed E-state index contributed by atoms with van der Waals surface area (Å²) in [5.41, 5.74) is 0.962. The maximum Gasteiger partial charge on any atom is 0.416 e. The van der Waals surface area contributed by atoms with E-state index in [4.69, 9.17) is 4.42 Å². The monoisotopic (exact) mass is 352 g/mol. The van der Waals surface area contributed by atoms with Gasteiger partial charge in [-0.1, -0.05) is 12.1 Å². The van der Waals surface area contributed by atoms with Gasteiger partial charge >= 0.3 is 6.18 Å². The number of halogens is 4. The van der Waals surface area contributed by atoms with E-state index in [0.717, 1.165) is 21.5 Å². The Balaban J connectivity index is 2.36. The van der Waals surface area contributed by atoms with E-state index in [1.807, 2.05) is 35.6 Å². The van der Waals surface area contributed by atoms with Crippen LogP contribution in [0.2, 0.25) is 0 Å². The summed E-state index contributed by atoms with van der Waals surface area (Å²) in [5, 5.41) is 0. The fraction of sp³-hybridized carbons (Fsp3) is 0.167. The van der Waals surface area contributed by atoms with Gasteiger partial charge in [0.15, 0.2) is 3.77 Å². The number of alkyl halides is 3. The first-order chi connectivity index (χ1) is 7.88. The van der Waals surface area contributed by atoms with Crippen LogP contribution in [0.4, 0.5) is 13.2 Å². The van der Waals surface area contributed by atoms with E-state index in [-0.39, 0.29) is 0 Å². The largest absolute Gasteiger partial charge is 0.450 e. The van der Waals surface area contributed by atoms with Crippen LogP contribution >= 0.6 is 22.6 Å². The van der Waals surface area contributed by atoms with Crippen LogP contribution in [-0.4, -0.2) is 0 Å². The van der Waals surface area contributed by atoms with Crippen molar-refractivity contribution in [1.82, 2.24) is 0 Å². The summed E-state index contributed by atoms with van der Waals surface area (Å²) in [6, 6.07) is 6.75. The highest BCUT2D eigenvalue weighted by Crippen LogP contribution is 2.32. The summed E-state index contributed by atoms with van der Waals surface area (Å²) in [4.78, 5) is 0. The van der Waals surface area contributed by atoms with Gasteiger partial charge in [-0.15, -0.1) is 0 Å². The van der Waals surface area contributed by atoms with Crippen LogP contribution in [0.15, 0.2) is 34.7 Å². The zero-order valence-electron chi connectivity index (χ0n) is 8.81. The molecule has 0 radical (unpaired) electrons. The number of benzene rings is 1. The standard InChI is InChI=1S/C12H8F3IO/c1-7-6-10(17-11(7)16)8-2-4-9(5-3-8)12(13,14)15/h2-6H,1H3. The lowest BCUT2D eigenvalue weighted by atomic mass is 10.1. The smallest absolute Gasteiger partial charge is 0.416 e. The third-order valence-corrected chi connectivity index (χ3v) is 3.42. The number of hydrogen-bond donors (Lipinski definition) is 0. The van der Waals surface area contributed by atoms with Gasteiger partial charge in [-0.25, -0.2) is 0 Å². The second-order valence-corrected chi connectivity index (χ2v) is 4.62. The van der Waals surface area contributed by atoms with Crippen molar-refractivity contribution in [3.8, 4) is 11.3 Å². The van der Waals surface area contributed by atoms with Gasteiger partial charge in [0, 0.05) is 11.1 Å². The van der Waals surface area contributed by atoms with Gasteiger partial charge in [-0.3, -0.25) is 0 Å². The van der Waals surface area contributed by atoms with Crippen molar-refractivity contribution < 1.29 is 17.6 Å². The molecule has 2 aromatic rings. The van der Waals surface area contributed by atoms with Crippen molar-refractivity contribution in [2.24, 2.45) is 0 Å². The summed E-state index contributed by atoms with van der Waals surface area (Å²) in [5.74, 6) is 0.584. The maximum atomic E-state index is 12.4. The lowest BCUT2D eigenvalue weighted by Crippen LogP contribution is -2.03. The normalized spacial score (nSPS) is 11.8. The van der Waals surface area contributed by atoms with E-state index in [1.54, 1.807) is 0 Å². The van der Waals surface area contributed by atoms with Gasteiger partial charge in [0.25, 0.3) is 0 Å². The number of aryl methyl sites for hydroxylation is 1. The Morgan fingerprint density at radius 1 is 1.12 bits per heavy atom. The summed E-state index contributed by atoms with van der Waals surface area (Å²) >= 11 is 2.04. The first-order valence-electron chi connectivity index (χ1n) is 4.81. The molecule has 0 bridgehead atoms. The number of hydrogen-bond acceptors (Lipinski definition) is 1. The van der Waals surface area contributed by atoms with Crippen molar-refractivity contribution in [3.63, 3.8) is 0 Å². The topological polar surface area (TPSA) is 13.1 Å². The van der Waals surface area contributed by atoms with Crippen molar-refractivity contribution in [2.45, 2.75) is 13.1 Å². The van der Waals surface area contributed by atoms with E-state index in [1.165, 1.54) is 12.1 Å². The van der Waals surface area contributed by atoms with E-state index in [0.29, 0.717) is 11.3 Å². The Morgan fingerprint density at radius 2 is 1.71 bits per heavy atom. The van der Waals surface area contributed by atoms with E-state index in [9.17, 15) is 13.2 Å². The molecule has 1 heterocycles. The average Bonchev–Trinajstić information content (AvgIpc) is 2.58. The molecule has 1 aromatic carbocycles. The zero-order chi connectivity index (χ0) is 12.6. The van der Waals surface area contributed by atoms with Crippen LogP contribution in [0.5, 0.6) is 0 Å². The Bertz CT molecular complexity index is 506. The predicted octanol–water partition coefficient (Wildman–Crippen LogP) is 4.88. The van der Waals surface area contributed by atoms with Crippen molar-refractivity contribution in [3.05, 3.63) is 45.2 Å². The molecule has 1 aromatic heterocycles. The lowest BCUT2D eigenvalue weighted by molar-refractivity contribution is -0.137. The van der Waals surface area contributed by atoms with Gasteiger partial charge < -0.3 is 4.42 Å². The molecule has 0 atom stereocenters. The van der Waals surface area contributed by atoms with E-state index in [2.05, 4.69) is 0 Å². The molecule has 2 rings (SSSR count). The summed E-state index contributed by atoms with van der Waals surface area (Å²) in [6.45, 7) is 1.89. The van der Waals surface area contributed by atoms with E-state index >= 15 is 0 Å². The molecule has 0 aliphatic rings. The molecule has 1 nitrogen and oxygen atoms in total. The molecule has 0 aliphatic heterocycles. The highest BCUT2D eigenvalue weighted by Gasteiger charge is 2.30. The minimum atomic E-state index is -4.30. The van der Waals surface area contributed by atoms with Crippen molar-refractivity contribution in [1.29, 1.82) is 0 Å². The minimum absolute atomic E-state index is 0.584. The second-order valence-electron chi connectivity index (χ2n) is 3.64. The van der Waals surface area contributed by atoms with Gasteiger partial charge in [-0.05, 0) is 47.7 Å². The minimum Gasteiger partial charge on any atom is -0.450 e. The van der Waals surface area contributed by atoms with Gasteiger partial charge in [-0.2, -0.15) is 13.2 Å². The Kier molecular flexibility index (Phi) is 3.20. The third-order valence-electron chi connectivity index (χ3n) is 2.35. The average molecular weight is 352 g/mol. The van der Waals surface area contributed by atoms with Crippen LogP contribution in [0.3, 0.4) is 0 Å². The third kappa shape index (κ3) is 2.65. The van der Waals surface area contributed by atoms with Crippen LogP contribution in [0, 0.1) is 10.7 Å². The predicted molar refractivity (Wildman–Crippen MR) is 66.6 cm³/mol. The van der Waals surface area contributed by atoms with Crippen molar-refractivity contribution in [2.75, 3.05) is 0 Å². The summed E-state index contributed by atoms with van der Waals surface area (Å²) in [7, 11) is 0. The molecule has 0 fully saturated rings. The maximum absolute atomic E-state index is 12.4. The van der Waals surface area contributed by atoms with Crippen molar-refractivity contribution >= 4 is 22.6 Å². The molecule has 0 unspecified atom stereocenters. The van der Waals surface area contributed by atoms with Crippen LogP contribution in [0.25, 0.3) is 11.3 Å². The fourth-order valence-corrected chi connectivity index (χ4v) is 1.82. The highest BCUT2D eigenvalue weighted by atomic mass is 127. The molecule has 0 spiro atoms. The number of rotatable bonds is 1. The van der Waals surface area contributed by atoms with Crippen LogP contribution in [-0.2, 0) is 6.18 Å². The number of furan rings is 1.